The van der Waals surface area contributed by atoms with E-state index in [4.69, 9.17) is 0 Å². The van der Waals surface area contributed by atoms with Crippen molar-refractivity contribution in [1.29, 1.82) is 0 Å². The van der Waals surface area contributed by atoms with Gasteiger partial charge in [0.1, 0.15) is 0 Å². The number of ether oxygens (including phenoxy) is 2. The predicted octanol–water partition coefficient (Wildman–Crippen LogP) is 1.81. The maximum Gasteiger partial charge on any atom is 0.344 e. The third kappa shape index (κ3) is 3.12. The second-order valence-corrected chi connectivity index (χ2v) is 3.06. The van der Waals surface area contributed by atoms with Crippen molar-refractivity contribution in [2.45, 2.75) is 6.92 Å². The normalized spacial score (nSPS) is 9.94. The maximum absolute atomic E-state index is 13.3. The third-order valence-electron chi connectivity index (χ3n) is 1.87. The van der Waals surface area contributed by atoms with Crippen molar-refractivity contribution in [2.24, 2.45) is 0 Å². The van der Waals surface area contributed by atoms with Crippen LogP contribution in [0.15, 0.2) is 12.1 Å². The van der Waals surface area contributed by atoms with Crippen LogP contribution in [0, 0.1) is 21.7 Å². The molecule has 0 atom stereocenters. The molecule has 18 heavy (non-hydrogen) atoms. The van der Waals surface area contributed by atoms with Gasteiger partial charge in [-0.15, -0.1) is 0 Å². The number of hydrogen-bond donors (Lipinski definition) is 0. The van der Waals surface area contributed by atoms with E-state index in [1.54, 1.807) is 6.92 Å². The minimum Gasteiger partial charge on any atom is -0.473 e. The number of hydrogen-bond acceptors (Lipinski definition) is 5. The molecule has 0 fully saturated rings. The second kappa shape index (κ2) is 5.89. The van der Waals surface area contributed by atoms with Gasteiger partial charge in [0.2, 0.25) is 11.6 Å². The summed E-state index contributed by atoms with van der Waals surface area (Å²) in [6.45, 7) is 0.883. The highest BCUT2D eigenvalue weighted by atomic mass is 19.2. The van der Waals surface area contributed by atoms with Crippen LogP contribution in [0.5, 0.6) is 5.75 Å². The average molecular weight is 261 g/mol. The van der Waals surface area contributed by atoms with Crippen LogP contribution in [0.3, 0.4) is 0 Å². The van der Waals surface area contributed by atoms with Gasteiger partial charge in [0.25, 0.3) is 0 Å². The molecule has 0 aliphatic rings. The summed E-state index contributed by atoms with van der Waals surface area (Å²) < 4.78 is 35.3. The molecule has 0 spiro atoms. The molecule has 1 rings (SSSR count). The molecule has 0 aromatic heterocycles. The summed E-state index contributed by atoms with van der Waals surface area (Å²) in [6.07, 6.45) is 0. The highest BCUT2D eigenvalue weighted by Crippen LogP contribution is 2.31. The van der Waals surface area contributed by atoms with Gasteiger partial charge < -0.3 is 9.47 Å². The zero-order valence-corrected chi connectivity index (χ0v) is 9.31. The molecule has 1 aromatic carbocycles. The van der Waals surface area contributed by atoms with Gasteiger partial charge in [-0.1, -0.05) is 0 Å². The van der Waals surface area contributed by atoms with E-state index in [2.05, 4.69) is 9.47 Å². The highest BCUT2D eigenvalue weighted by Gasteiger charge is 2.24. The topological polar surface area (TPSA) is 78.7 Å². The number of esters is 1. The van der Waals surface area contributed by atoms with Crippen molar-refractivity contribution in [3.63, 3.8) is 0 Å². The van der Waals surface area contributed by atoms with Gasteiger partial charge in [0, 0.05) is 6.07 Å². The molecule has 0 radical (unpaired) electrons. The molecule has 0 bridgehead atoms. The highest BCUT2D eigenvalue weighted by molar-refractivity contribution is 5.71. The Bertz CT molecular complexity index is 478. The molecule has 0 N–H and O–H groups in total. The molecule has 6 nitrogen and oxygen atoms in total. The monoisotopic (exact) mass is 261 g/mol. The van der Waals surface area contributed by atoms with Gasteiger partial charge in [0.15, 0.2) is 12.4 Å². The Kier molecular flexibility index (Phi) is 4.52. The molecule has 0 aliphatic carbocycles. The van der Waals surface area contributed by atoms with Crippen molar-refractivity contribution in [1.82, 2.24) is 0 Å². The van der Waals surface area contributed by atoms with Crippen LogP contribution in [-0.2, 0) is 9.53 Å². The molecule has 0 saturated heterocycles. The number of carbonyl (C=O) groups excluding carboxylic acids is 1. The minimum absolute atomic E-state index is 0.0793. The Hall–Kier alpha value is -2.25. The average Bonchev–Trinajstić information content (AvgIpc) is 2.31. The Balaban J connectivity index is 2.95. The van der Waals surface area contributed by atoms with Crippen LogP contribution in [0.4, 0.5) is 14.5 Å². The van der Waals surface area contributed by atoms with Crippen LogP contribution in [-0.4, -0.2) is 24.1 Å². The van der Waals surface area contributed by atoms with Crippen molar-refractivity contribution < 1.29 is 28.0 Å². The molecule has 0 aliphatic heterocycles. The largest absolute Gasteiger partial charge is 0.473 e. The first kappa shape index (κ1) is 13.8. The zero-order chi connectivity index (χ0) is 13.7. The first-order chi connectivity index (χ1) is 8.47. The van der Waals surface area contributed by atoms with Gasteiger partial charge in [-0.3, -0.25) is 10.1 Å². The van der Waals surface area contributed by atoms with E-state index in [1.165, 1.54) is 0 Å². The summed E-state index contributed by atoms with van der Waals surface area (Å²) in [5.74, 6) is -4.59. The SMILES string of the molecule is CCOC(=O)COc1c([N+](=O)[O-])ccc(F)c1F. The van der Waals surface area contributed by atoms with Gasteiger partial charge >= 0.3 is 11.7 Å². The van der Waals surface area contributed by atoms with Gasteiger partial charge in [-0.05, 0) is 13.0 Å². The standard InChI is InChI=1S/C10H9F2NO5/c1-2-17-8(14)5-18-10-7(13(15)16)4-3-6(11)9(10)12/h3-4H,2,5H2,1H3. The summed E-state index contributed by atoms with van der Waals surface area (Å²) in [7, 11) is 0. The van der Waals surface area contributed by atoms with E-state index in [9.17, 15) is 23.7 Å². The van der Waals surface area contributed by atoms with Crippen LogP contribution >= 0.6 is 0 Å². The summed E-state index contributed by atoms with van der Waals surface area (Å²) in [5, 5.41) is 10.6. The molecule has 1 aromatic rings. The van der Waals surface area contributed by atoms with Crippen LogP contribution in [0.25, 0.3) is 0 Å². The Morgan fingerprint density at radius 1 is 1.44 bits per heavy atom. The Labute approximate surface area is 100 Å². The number of nitro groups is 1. The van der Waals surface area contributed by atoms with Crippen LogP contribution < -0.4 is 4.74 Å². The first-order valence-electron chi connectivity index (χ1n) is 4.88. The Morgan fingerprint density at radius 3 is 2.67 bits per heavy atom. The van der Waals surface area contributed by atoms with Gasteiger partial charge in [0.05, 0.1) is 11.5 Å². The van der Waals surface area contributed by atoms with E-state index in [1.807, 2.05) is 0 Å². The fourth-order valence-electron chi connectivity index (χ4n) is 1.14. The quantitative estimate of drug-likeness (QED) is 0.459. The predicted molar refractivity (Wildman–Crippen MR) is 55.1 cm³/mol. The number of nitrogens with zero attached hydrogens (tertiary/aromatic N) is 1. The lowest BCUT2D eigenvalue weighted by molar-refractivity contribution is -0.386. The zero-order valence-electron chi connectivity index (χ0n) is 9.31. The van der Waals surface area contributed by atoms with E-state index in [0.717, 1.165) is 6.07 Å². The number of halogens is 2. The molecule has 0 saturated carbocycles. The molecule has 0 amide bonds. The fraction of sp³-hybridized carbons (Fsp3) is 0.300. The van der Waals surface area contributed by atoms with Crippen molar-refractivity contribution in [3.05, 3.63) is 33.9 Å². The first-order valence-corrected chi connectivity index (χ1v) is 4.88. The lowest BCUT2D eigenvalue weighted by Gasteiger charge is -2.07. The van der Waals surface area contributed by atoms with Crippen molar-refractivity contribution >= 4 is 11.7 Å². The smallest absolute Gasteiger partial charge is 0.344 e. The molecule has 0 unspecified atom stereocenters. The summed E-state index contributed by atoms with van der Waals surface area (Å²) in [6, 6.07) is 1.35. The van der Waals surface area contributed by atoms with Crippen molar-refractivity contribution in [2.75, 3.05) is 13.2 Å². The van der Waals surface area contributed by atoms with Crippen LogP contribution in [0.2, 0.25) is 0 Å². The third-order valence-corrected chi connectivity index (χ3v) is 1.87. The van der Waals surface area contributed by atoms with Crippen molar-refractivity contribution in [3.8, 4) is 5.75 Å². The number of rotatable bonds is 5. The van der Waals surface area contributed by atoms with Crippen LogP contribution in [0.1, 0.15) is 6.92 Å². The van der Waals surface area contributed by atoms with E-state index < -0.39 is 40.6 Å². The lowest BCUT2D eigenvalue weighted by atomic mass is 10.2. The second-order valence-electron chi connectivity index (χ2n) is 3.06. The molecule has 8 heteroatoms. The fourth-order valence-corrected chi connectivity index (χ4v) is 1.14. The van der Waals surface area contributed by atoms with Gasteiger partial charge in [-0.2, -0.15) is 4.39 Å². The summed E-state index contributed by atoms with van der Waals surface area (Å²) >= 11 is 0. The number of carbonyl (C=O) groups is 1. The lowest BCUT2D eigenvalue weighted by Crippen LogP contribution is -2.16. The summed E-state index contributed by atoms with van der Waals surface area (Å²) in [4.78, 5) is 20.6. The van der Waals surface area contributed by atoms with Gasteiger partial charge in [-0.25, -0.2) is 9.18 Å². The Morgan fingerprint density at radius 2 is 2.11 bits per heavy atom. The number of benzene rings is 1. The molecular weight excluding hydrogens is 252 g/mol. The molecule has 98 valence electrons. The maximum atomic E-state index is 13.3. The molecule has 0 heterocycles. The van der Waals surface area contributed by atoms with E-state index in [-0.39, 0.29) is 6.61 Å². The summed E-state index contributed by atoms with van der Waals surface area (Å²) in [5.41, 5.74) is -0.766. The van der Waals surface area contributed by atoms with E-state index in [0.29, 0.717) is 6.07 Å². The van der Waals surface area contributed by atoms with E-state index >= 15 is 0 Å². The molecular formula is C10H9F2NO5. The number of nitro benzene ring substituents is 1. The minimum atomic E-state index is -1.52.